The van der Waals surface area contributed by atoms with Gasteiger partial charge in [0.1, 0.15) is 5.82 Å². The lowest BCUT2D eigenvalue weighted by Gasteiger charge is -2.30. The van der Waals surface area contributed by atoms with Crippen LogP contribution in [0.5, 0.6) is 0 Å². The van der Waals surface area contributed by atoms with Crippen molar-refractivity contribution in [1.29, 1.82) is 0 Å². The molecule has 0 atom stereocenters. The van der Waals surface area contributed by atoms with Gasteiger partial charge in [-0.3, -0.25) is 0 Å². The van der Waals surface area contributed by atoms with Crippen molar-refractivity contribution in [2.75, 3.05) is 38.6 Å². The van der Waals surface area contributed by atoms with Crippen LogP contribution >= 0.6 is 0 Å². The summed E-state index contributed by atoms with van der Waals surface area (Å²) in [6, 6.07) is 1.75. The molecule has 6 heteroatoms. The Hall–Kier alpha value is -1.69. The minimum Gasteiger partial charge on any atom is -0.463 e. The molecule has 6 nitrogen and oxygen atoms in total. The SMILES string of the molecule is COC(=O)c1nccc(NCCN2CCC(C)CC2)n1. The van der Waals surface area contributed by atoms with Gasteiger partial charge >= 0.3 is 5.97 Å². The third-order valence-corrected chi connectivity index (χ3v) is 3.63. The van der Waals surface area contributed by atoms with Gasteiger partial charge in [-0.05, 0) is 37.9 Å². The first-order chi connectivity index (χ1) is 9.69. The molecule has 0 saturated carbocycles. The van der Waals surface area contributed by atoms with Crippen LogP contribution in [0, 0.1) is 5.92 Å². The number of carbonyl (C=O) groups excluding carboxylic acids is 1. The zero-order valence-electron chi connectivity index (χ0n) is 12.1. The predicted molar refractivity (Wildman–Crippen MR) is 76.7 cm³/mol. The van der Waals surface area contributed by atoms with Crippen LogP contribution in [0.15, 0.2) is 12.3 Å². The summed E-state index contributed by atoms with van der Waals surface area (Å²) in [5.41, 5.74) is 0. The number of hydrogen-bond donors (Lipinski definition) is 1. The summed E-state index contributed by atoms with van der Waals surface area (Å²) in [5.74, 6) is 1.08. The summed E-state index contributed by atoms with van der Waals surface area (Å²) >= 11 is 0. The average molecular weight is 278 g/mol. The molecule has 1 aromatic rings. The maximum absolute atomic E-state index is 11.3. The summed E-state index contributed by atoms with van der Waals surface area (Å²) in [6.07, 6.45) is 4.12. The topological polar surface area (TPSA) is 67.3 Å². The highest BCUT2D eigenvalue weighted by Crippen LogP contribution is 2.15. The molecule has 1 aromatic heterocycles. The van der Waals surface area contributed by atoms with Gasteiger partial charge in [0.25, 0.3) is 0 Å². The quantitative estimate of drug-likeness (QED) is 0.821. The molecule has 1 N–H and O–H groups in total. The van der Waals surface area contributed by atoms with Crippen molar-refractivity contribution >= 4 is 11.8 Å². The number of ether oxygens (including phenoxy) is 1. The molecular formula is C14H22N4O2. The van der Waals surface area contributed by atoms with Crippen LogP contribution < -0.4 is 5.32 Å². The first kappa shape index (κ1) is 14.7. The number of hydrogen-bond acceptors (Lipinski definition) is 6. The van der Waals surface area contributed by atoms with Gasteiger partial charge in [0.15, 0.2) is 0 Å². The normalized spacial score (nSPS) is 16.9. The van der Waals surface area contributed by atoms with Crippen LogP contribution in [-0.4, -0.2) is 54.1 Å². The van der Waals surface area contributed by atoms with E-state index in [9.17, 15) is 4.79 Å². The summed E-state index contributed by atoms with van der Waals surface area (Å²) in [7, 11) is 1.32. The molecular weight excluding hydrogens is 256 g/mol. The molecule has 0 unspecified atom stereocenters. The number of aromatic nitrogens is 2. The third kappa shape index (κ3) is 4.16. The van der Waals surface area contributed by atoms with Gasteiger partial charge < -0.3 is 15.0 Å². The molecule has 0 spiro atoms. The van der Waals surface area contributed by atoms with Crippen molar-refractivity contribution in [2.45, 2.75) is 19.8 Å². The second kappa shape index (κ2) is 7.19. The monoisotopic (exact) mass is 278 g/mol. The van der Waals surface area contributed by atoms with Crippen LogP contribution in [0.2, 0.25) is 0 Å². The molecule has 0 amide bonds. The third-order valence-electron chi connectivity index (χ3n) is 3.63. The van der Waals surface area contributed by atoms with E-state index in [1.54, 1.807) is 12.3 Å². The van der Waals surface area contributed by atoms with Crippen molar-refractivity contribution < 1.29 is 9.53 Å². The van der Waals surface area contributed by atoms with E-state index in [1.807, 2.05) is 0 Å². The Morgan fingerprint density at radius 1 is 1.50 bits per heavy atom. The summed E-state index contributed by atoms with van der Waals surface area (Å²) < 4.78 is 4.60. The molecule has 1 fully saturated rings. The van der Waals surface area contributed by atoms with Crippen LogP contribution in [0.1, 0.15) is 30.4 Å². The number of nitrogens with one attached hydrogen (secondary N) is 1. The minimum absolute atomic E-state index is 0.0873. The number of rotatable bonds is 5. The van der Waals surface area contributed by atoms with E-state index in [4.69, 9.17) is 0 Å². The van der Waals surface area contributed by atoms with Crippen molar-refractivity contribution in [3.63, 3.8) is 0 Å². The molecule has 1 saturated heterocycles. The highest BCUT2D eigenvalue weighted by molar-refractivity contribution is 5.85. The van der Waals surface area contributed by atoms with Gasteiger partial charge in [0, 0.05) is 19.3 Å². The molecule has 0 aliphatic carbocycles. The highest BCUT2D eigenvalue weighted by Gasteiger charge is 2.15. The zero-order valence-corrected chi connectivity index (χ0v) is 12.1. The Bertz CT molecular complexity index is 445. The lowest BCUT2D eigenvalue weighted by atomic mass is 9.99. The second-order valence-electron chi connectivity index (χ2n) is 5.21. The Morgan fingerprint density at radius 3 is 2.95 bits per heavy atom. The fraction of sp³-hybridized carbons (Fsp3) is 0.643. The maximum Gasteiger partial charge on any atom is 0.376 e. The molecule has 1 aliphatic heterocycles. The van der Waals surface area contributed by atoms with Gasteiger partial charge in [-0.15, -0.1) is 0 Å². The summed E-state index contributed by atoms with van der Waals surface area (Å²) in [5, 5.41) is 3.22. The van der Waals surface area contributed by atoms with Crippen LogP contribution in [0.25, 0.3) is 0 Å². The minimum atomic E-state index is -0.515. The number of likely N-dealkylation sites (tertiary alicyclic amines) is 1. The zero-order chi connectivity index (χ0) is 14.4. The van der Waals surface area contributed by atoms with Gasteiger partial charge in [0.05, 0.1) is 7.11 Å². The van der Waals surface area contributed by atoms with Crippen molar-refractivity contribution in [3.8, 4) is 0 Å². The first-order valence-corrected chi connectivity index (χ1v) is 7.06. The molecule has 0 bridgehead atoms. The van der Waals surface area contributed by atoms with Gasteiger partial charge in [0.2, 0.25) is 5.82 Å². The lowest BCUT2D eigenvalue weighted by Crippen LogP contribution is -2.36. The molecule has 2 heterocycles. The lowest BCUT2D eigenvalue weighted by molar-refractivity contribution is 0.0587. The summed E-state index contributed by atoms with van der Waals surface area (Å²) in [4.78, 5) is 21.8. The summed E-state index contributed by atoms with van der Waals surface area (Å²) in [6.45, 7) is 6.45. The predicted octanol–water partition coefficient (Wildman–Crippen LogP) is 1.41. The first-order valence-electron chi connectivity index (χ1n) is 7.06. The van der Waals surface area contributed by atoms with E-state index in [1.165, 1.54) is 33.0 Å². The standard InChI is InChI=1S/C14H22N4O2/c1-11-4-8-18(9-5-11)10-7-15-12-3-6-16-13(17-12)14(19)20-2/h3,6,11H,4-5,7-10H2,1-2H3,(H,15,16,17). The average Bonchev–Trinajstić information content (AvgIpc) is 2.49. The molecule has 110 valence electrons. The van der Waals surface area contributed by atoms with Crippen molar-refractivity contribution in [2.24, 2.45) is 5.92 Å². The molecule has 0 radical (unpaired) electrons. The van der Waals surface area contributed by atoms with E-state index < -0.39 is 5.97 Å². The number of nitrogens with zero attached hydrogens (tertiary/aromatic N) is 3. The number of piperidine rings is 1. The van der Waals surface area contributed by atoms with Gasteiger partial charge in [-0.2, -0.15) is 0 Å². The van der Waals surface area contributed by atoms with Crippen LogP contribution in [0.4, 0.5) is 5.82 Å². The Morgan fingerprint density at radius 2 is 2.25 bits per heavy atom. The fourth-order valence-corrected chi connectivity index (χ4v) is 2.27. The van der Waals surface area contributed by atoms with Crippen molar-refractivity contribution in [1.82, 2.24) is 14.9 Å². The van der Waals surface area contributed by atoms with E-state index in [0.717, 1.165) is 19.0 Å². The molecule has 1 aliphatic rings. The number of esters is 1. The fourth-order valence-electron chi connectivity index (χ4n) is 2.27. The van der Waals surface area contributed by atoms with Gasteiger partial charge in [-0.25, -0.2) is 14.8 Å². The highest BCUT2D eigenvalue weighted by atomic mass is 16.5. The Labute approximate surface area is 119 Å². The Kier molecular flexibility index (Phi) is 5.29. The van der Waals surface area contributed by atoms with Crippen LogP contribution in [-0.2, 0) is 4.74 Å². The van der Waals surface area contributed by atoms with Crippen LogP contribution in [0.3, 0.4) is 0 Å². The molecule has 0 aromatic carbocycles. The van der Waals surface area contributed by atoms with Gasteiger partial charge in [-0.1, -0.05) is 6.92 Å². The molecule has 20 heavy (non-hydrogen) atoms. The molecule has 2 rings (SSSR count). The number of carbonyl (C=O) groups is 1. The smallest absolute Gasteiger partial charge is 0.376 e. The van der Waals surface area contributed by atoms with Crippen molar-refractivity contribution in [3.05, 3.63) is 18.1 Å². The largest absolute Gasteiger partial charge is 0.463 e. The number of methoxy groups -OCH3 is 1. The van der Waals surface area contributed by atoms with E-state index in [-0.39, 0.29) is 5.82 Å². The van der Waals surface area contributed by atoms with E-state index in [0.29, 0.717) is 5.82 Å². The Balaban J connectivity index is 1.78. The van der Waals surface area contributed by atoms with E-state index >= 15 is 0 Å². The number of anilines is 1. The maximum atomic E-state index is 11.3. The van der Waals surface area contributed by atoms with E-state index in [2.05, 4.69) is 31.8 Å². The second-order valence-corrected chi connectivity index (χ2v) is 5.21.